The summed E-state index contributed by atoms with van der Waals surface area (Å²) in [7, 11) is 0. The monoisotopic (exact) mass is 287 g/mol. The molecule has 2 aliphatic carbocycles. The Morgan fingerprint density at radius 2 is 1.76 bits per heavy atom. The first kappa shape index (κ1) is 13.8. The van der Waals surface area contributed by atoms with Crippen LogP contribution in [0.1, 0.15) is 26.7 Å². The number of rotatable bonds is 6. The summed E-state index contributed by atoms with van der Waals surface area (Å²) < 4.78 is 0. The van der Waals surface area contributed by atoms with E-state index in [4.69, 9.17) is 0 Å². The molecule has 1 fully saturated rings. The van der Waals surface area contributed by atoms with Crippen LogP contribution in [0.25, 0.3) is 0 Å². The van der Waals surface area contributed by atoms with Crippen molar-refractivity contribution in [2.45, 2.75) is 26.7 Å². The number of aromatic nitrogens is 3. The molecule has 7 nitrogen and oxygen atoms in total. The van der Waals surface area contributed by atoms with Gasteiger partial charge in [0.15, 0.2) is 0 Å². The summed E-state index contributed by atoms with van der Waals surface area (Å²) in [6.45, 7) is 5.54. The smallest absolute Gasteiger partial charge is 0.250 e. The number of nitrogens with one attached hydrogen (secondary N) is 3. The van der Waals surface area contributed by atoms with Crippen LogP contribution >= 0.6 is 0 Å². The van der Waals surface area contributed by atoms with Crippen molar-refractivity contribution in [1.29, 1.82) is 0 Å². The van der Waals surface area contributed by atoms with E-state index in [-0.39, 0.29) is 0 Å². The molecule has 1 aromatic rings. The van der Waals surface area contributed by atoms with E-state index >= 15 is 0 Å². The fraction of sp³-hybridized carbons (Fsp3) is 0.571. The average Bonchev–Trinajstić information content (AvgIpc) is 2.81. The van der Waals surface area contributed by atoms with Crippen molar-refractivity contribution in [3.05, 3.63) is 12.2 Å². The topological polar surface area (TPSA) is 87.1 Å². The molecule has 7 heteroatoms. The Hall–Kier alpha value is -2.18. The van der Waals surface area contributed by atoms with Crippen molar-refractivity contribution >= 4 is 23.6 Å². The number of hydrazone groups is 1. The standard InChI is InChI=1S/C14H21N7/c1-3-15-12-17-13(16-4-2)19-14(18-12)21-20-11-8-9-6-5-7-10(9)11/h5-6,9-10H,3-4,7-8H2,1-2H3,(H3,15,16,17,18,19,21)/b20-11-. The molecule has 0 bridgehead atoms. The lowest BCUT2D eigenvalue weighted by atomic mass is 9.74. The summed E-state index contributed by atoms with van der Waals surface area (Å²) in [5.74, 6) is 2.86. The van der Waals surface area contributed by atoms with Crippen molar-refractivity contribution in [3.63, 3.8) is 0 Å². The highest BCUT2D eigenvalue weighted by molar-refractivity contribution is 5.94. The Balaban J connectivity index is 1.70. The molecular weight excluding hydrogens is 266 g/mol. The van der Waals surface area contributed by atoms with Crippen LogP contribution in [0.5, 0.6) is 0 Å². The molecule has 0 saturated heterocycles. The van der Waals surface area contributed by atoms with E-state index in [0.717, 1.165) is 25.9 Å². The van der Waals surface area contributed by atoms with Crippen LogP contribution in [-0.4, -0.2) is 33.8 Å². The van der Waals surface area contributed by atoms with Gasteiger partial charge < -0.3 is 10.6 Å². The second-order valence-electron chi connectivity index (χ2n) is 5.22. The quantitative estimate of drug-likeness (QED) is 0.548. The van der Waals surface area contributed by atoms with Crippen LogP contribution in [0.3, 0.4) is 0 Å². The molecule has 112 valence electrons. The highest BCUT2D eigenvalue weighted by Gasteiger charge is 2.37. The van der Waals surface area contributed by atoms with Crippen LogP contribution in [0, 0.1) is 11.8 Å². The Bertz CT molecular complexity index is 542. The van der Waals surface area contributed by atoms with E-state index in [1.54, 1.807) is 0 Å². The van der Waals surface area contributed by atoms with Gasteiger partial charge >= 0.3 is 0 Å². The van der Waals surface area contributed by atoms with Crippen molar-refractivity contribution in [3.8, 4) is 0 Å². The van der Waals surface area contributed by atoms with Gasteiger partial charge in [-0.1, -0.05) is 12.2 Å². The molecule has 3 N–H and O–H groups in total. The van der Waals surface area contributed by atoms with Gasteiger partial charge in [-0.05, 0) is 32.6 Å². The van der Waals surface area contributed by atoms with Gasteiger partial charge in [-0.15, -0.1) is 0 Å². The largest absolute Gasteiger partial charge is 0.354 e. The maximum absolute atomic E-state index is 4.46. The molecule has 1 heterocycles. The fourth-order valence-corrected chi connectivity index (χ4v) is 2.69. The van der Waals surface area contributed by atoms with Gasteiger partial charge in [0.05, 0.1) is 0 Å². The van der Waals surface area contributed by atoms with E-state index in [1.165, 1.54) is 5.71 Å². The minimum atomic E-state index is 0.471. The third-order valence-corrected chi connectivity index (χ3v) is 3.77. The first-order valence-electron chi connectivity index (χ1n) is 7.53. The second-order valence-corrected chi connectivity index (χ2v) is 5.22. The Morgan fingerprint density at radius 1 is 1.10 bits per heavy atom. The predicted molar refractivity (Wildman–Crippen MR) is 84.6 cm³/mol. The van der Waals surface area contributed by atoms with Crippen LogP contribution in [0.15, 0.2) is 17.3 Å². The van der Waals surface area contributed by atoms with Crippen LogP contribution in [0.2, 0.25) is 0 Å². The lowest BCUT2D eigenvalue weighted by molar-refractivity contribution is 0.466. The van der Waals surface area contributed by atoms with Crippen molar-refractivity contribution in [2.75, 3.05) is 29.1 Å². The maximum Gasteiger partial charge on any atom is 0.250 e. The zero-order valence-corrected chi connectivity index (χ0v) is 12.4. The van der Waals surface area contributed by atoms with Gasteiger partial charge in [0, 0.05) is 24.7 Å². The third kappa shape index (κ3) is 2.96. The molecule has 0 spiro atoms. The maximum atomic E-state index is 4.46. The minimum absolute atomic E-state index is 0.471. The van der Waals surface area contributed by atoms with Gasteiger partial charge in [0.1, 0.15) is 0 Å². The van der Waals surface area contributed by atoms with E-state index in [0.29, 0.717) is 29.7 Å². The van der Waals surface area contributed by atoms with Gasteiger partial charge in [-0.3, -0.25) is 0 Å². The summed E-state index contributed by atoms with van der Waals surface area (Å²) >= 11 is 0. The minimum Gasteiger partial charge on any atom is -0.354 e. The number of anilines is 3. The zero-order valence-electron chi connectivity index (χ0n) is 12.4. The molecule has 1 saturated carbocycles. The summed E-state index contributed by atoms with van der Waals surface area (Å²) in [4.78, 5) is 12.9. The van der Waals surface area contributed by atoms with Crippen molar-refractivity contribution < 1.29 is 0 Å². The lowest BCUT2D eigenvalue weighted by Gasteiger charge is -2.31. The van der Waals surface area contributed by atoms with E-state index in [2.05, 4.69) is 48.3 Å². The number of nitrogens with zero attached hydrogens (tertiary/aromatic N) is 4. The molecule has 1 aromatic heterocycles. The second kappa shape index (κ2) is 6.07. The van der Waals surface area contributed by atoms with E-state index < -0.39 is 0 Å². The molecule has 2 unspecified atom stereocenters. The van der Waals surface area contributed by atoms with E-state index in [1.807, 2.05) is 13.8 Å². The van der Waals surface area contributed by atoms with Gasteiger partial charge in [0.25, 0.3) is 0 Å². The molecule has 3 rings (SSSR count). The Morgan fingerprint density at radius 3 is 2.38 bits per heavy atom. The summed E-state index contributed by atoms with van der Waals surface area (Å²) in [6, 6.07) is 0. The van der Waals surface area contributed by atoms with Crippen LogP contribution in [0.4, 0.5) is 17.8 Å². The average molecular weight is 287 g/mol. The first-order chi connectivity index (χ1) is 10.3. The molecular formula is C14H21N7. The summed E-state index contributed by atoms with van der Waals surface area (Å²) in [6.07, 6.45) is 6.68. The molecule has 2 aliphatic rings. The summed E-state index contributed by atoms with van der Waals surface area (Å²) in [5.41, 5.74) is 4.18. The molecule has 21 heavy (non-hydrogen) atoms. The van der Waals surface area contributed by atoms with Gasteiger partial charge in [0.2, 0.25) is 17.8 Å². The molecule has 2 atom stereocenters. The predicted octanol–water partition coefficient (Wildman–Crippen LogP) is 2.10. The number of fused-ring (bicyclic) bond motifs is 1. The number of hydrogen-bond acceptors (Lipinski definition) is 7. The lowest BCUT2D eigenvalue weighted by Crippen LogP contribution is -2.33. The molecule has 0 aromatic carbocycles. The van der Waals surface area contributed by atoms with Crippen LogP contribution < -0.4 is 16.1 Å². The van der Waals surface area contributed by atoms with Gasteiger partial charge in [-0.25, -0.2) is 5.43 Å². The van der Waals surface area contributed by atoms with Crippen LogP contribution in [-0.2, 0) is 0 Å². The molecule has 0 amide bonds. The summed E-state index contributed by atoms with van der Waals surface area (Å²) in [5, 5.41) is 10.7. The SMILES string of the molecule is CCNc1nc(NCC)nc(N/N=C2/CC3C=CCC23)n1. The van der Waals surface area contributed by atoms with Gasteiger partial charge in [-0.2, -0.15) is 20.1 Å². The van der Waals surface area contributed by atoms with Crippen molar-refractivity contribution in [1.82, 2.24) is 15.0 Å². The Kier molecular flexibility index (Phi) is 3.98. The highest BCUT2D eigenvalue weighted by atomic mass is 15.4. The first-order valence-corrected chi connectivity index (χ1v) is 7.53. The Labute approximate surface area is 124 Å². The number of allylic oxidation sites excluding steroid dienone is 2. The van der Waals surface area contributed by atoms with Crippen molar-refractivity contribution in [2.24, 2.45) is 16.9 Å². The highest BCUT2D eigenvalue weighted by Crippen LogP contribution is 2.40. The molecule has 0 radical (unpaired) electrons. The fourth-order valence-electron chi connectivity index (χ4n) is 2.69. The third-order valence-electron chi connectivity index (χ3n) is 3.77. The zero-order chi connectivity index (χ0) is 14.7. The van der Waals surface area contributed by atoms with E-state index in [9.17, 15) is 0 Å². The normalized spacial score (nSPS) is 24.6. The number of hydrogen-bond donors (Lipinski definition) is 3. The molecule has 0 aliphatic heterocycles.